The van der Waals surface area contributed by atoms with Crippen molar-refractivity contribution >= 4 is 48.2 Å². The Kier molecular flexibility index (Phi) is 8.03. The van der Waals surface area contributed by atoms with E-state index in [9.17, 15) is 4.79 Å². The second kappa shape index (κ2) is 11.2. The largest absolute Gasteiger partial charge is 0.403 e. The van der Waals surface area contributed by atoms with Crippen LogP contribution in [0.1, 0.15) is 36.7 Å². The summed E-state index contributed by atoms with van der Waals surface area (Å²) in [5.74, 6) is 0.495. The van der Waals surface area contributed by atoms with Gasteiger partial charge in [0.15, 0.2) is 11.4 Å². The van der Waals surface area contributed by atoms with Crippen LogP contribution in [0.15, 0.2) is 96.3 Å². The number of benzene rings is 3. The van der Waals surface area contributed by atoms with Gasteiger partial charge in [-0.3, -0.25) is 4.79 Å². The van der Waals surface area contributed by atoms with Gasteiger partial charge in [0.05, 0.1) is 12.2 Å². The molecule has 0 aliphatic rings. The highest BCUT2D eigenvalue weighted by Gasteiger charge is 2.50. The molecule has 0 aliphatic carbocycles. The second-order valence-electron chi connectivity index (χ2n) is 9.56. The van der Waals surface area contributed by atoms with Gasteiger partial charge in [-0.15, -0.1) is 0 Å². The molecule has 36 heavy (non-hydrogen) atoms. The van der Waals surface area contributed by atoms with Crippen LogP contribution in [0.5, 0.6) is 0 Å². The van der Waals surface area contributed by atoms with Crippen LogP contribution in [0, 0.1) is 0 Å². The number of aromatic nitrogens is 2. The number of nitrogens with zero attached hydrogens (tertiary/aromatic N) is 2. The van der Waals surface area contributed by atoms with E-state index in [0.29, 0.717) is 23.1 Å². The van der Waals surface area contributed by atoms with Crippen molar-refractivity contribution in [3.63, 3.8) is 0 Å². The lowest BCUT2D eigenvalue weighted by Gasteiger charge is -2.43. The molecular weight excluding hydrogens is 482 g/mol. The summed E-state index contributed by atoms with van der Waals surface area (Å²) in [6.07, 6.45) is 4.22. The van der Waals surface area contributed by atoms with Crippen molar-refractivity contribution < 1.29 is 9.22 Å². The maximum atomic E-state index is 11.5. The Morgan fingerprint density at radius 3 is 2.14 bits per heavy atom. The number of carbonyl (C=O) groups is 1. The SMILES string of the molecule is CSc1ncc(C=O)c(Nc2cccc(CO[Si](c3ccccc3)(c3ccccc3)C(C)(C)C)c2)n1. The van der Waals surface area contributed by atoms with Crippen LogP contribution in [0.25, 0.3) is 0 Å². The number of anilines is 2. The third-order valence-electron chi connectivity index (χ3n) is 6.17. The quantitative estimate of drug-likeness (QED) is 0.131. The molecule has 0 saturated carbocycles. The van der Waals surface area contributed by atoms with E-state index >= 15 is 0 Å². The summed E-state index contributed by atoms with van der Waals surface area (Å²) in [5, 5.41) is 6.30. The van der Waals surface area contributed by atoms with Crippen LogP contribution in [-0.2, 0) is 11.0 Å². The molecule has 1 N–H and O–H groups in total. The third-order valence-corrected chi connectivity index (χ3v) is 11.7. The summed E-state index contributed by atoms with van der Waals surface area (Å²) in [6.45, 7) is 7.28. The average Bonchev–Trinajstić information content (AvgIpc) is 2.90. The van der Waals surface area contributed by atoms with Gasteiger partial charge in [-0.05, 0) is 39.4 Å². The molecule has 0 bridgehead atoms. The van der Waals surface area contributed by atoms with Crippen LogP contribution >= 0.6 is 11.8 Å². The number of hydrogen-bond acceptors (Lipinski definition) is 6. The van der Waals surface area contributed by atoms with Crippen molar-refractivity contribution in [3.8, 4) is 0 Å². The lowest BCUT2D eigenvalue weighted by Crippen LogP contribution is -2.66. The second-order valence-corrected chi connectivity index (χ2v) is 14.6. The number of aldehydes is 1. The fraction of sp³-hybridized carbons (Fsp3) is 0.207. The smallest absolute Gasteiger partial charge is 0.261 e. The zero-order valence-electron chi connectivity index (χ0n) is 21.1. The summed E-state index contributed by atoms with van der Waals surface area (Å²) in [5.41, 5.74) is 2.30. The molecule has 4 rings (SSSR count). The van der Waals surface area contributed by atoms with Crippen LogP contribution in [-0.4, -0.2) is 30.8 Å². The molecule has 0 aliphatic heterocycles. The molecule has 0 saturated heterocycles. The molecule has 0 unspecified atom stereocenters. The van der Waals surface area contributed by atoms with E-state index in [4.69, 9.17) is 4.43 Å². The molecule has 7 heteroatoms. The van der Waals surface area contributed by atoms with E-state index in [1.165, 1.54) is 22.1 Å². The molecule has 0 fully saturated rings. The number of nitrogens with one attached hydrogen (secondary N) is 1. The Bertz CT molecular complexity index is 1270. The molecule has 3 aromatic carbocycles. The van der Waals surface area contributed by atoms with Gasteiger partial charge in [0.1, 0.15) is 5.82 Å². The zero-order chi connectivity index (χ0) is 25.6. The highest BCUT2D eigenvalue weighted by molar-refractivity contribution is 7.98. The predicted octanol–water partition coefficient (Wildman–Crippen LogP) is 5.83. The summed E-state index contributed by atoms with van der Waals surface area (Å²) >= 11 is 1.43. The molecular formula is C29H31N3O2SSi. The van der Waals surface area contributed by atoms with Crippen molar-refractivity contribution in [2.24, 2.45) is 0 Å². The molecule has 4 aromatic rings. The summed E-state index contributed by atoms with van der Waals surface area (Å²) in [4.78, 5) is 20.2. The Hall–Kier alpha value is -3.26. The van der Waals surface area contributed by atoms with E-state index in [-0.39, 0.29) is 5.04 Å². The number of hydrogen-bond donors (Lipinski definition) is 1. The van der Waals surface area contributed by atoms with Crippen LogP contribution in [0.2, 0.25) is 5.04 Å². The predicted molar refractivity (Wildman–Crippen MR) is 151 cm³/mol. The Morgan fingerprint density at radius 1 is 0.944 bits per heavy atom. The van der Waals surface area contributed by atoms with E-state index < -0.39 is 8.32 Å². The molecule has 1 aromatic heterocycles. The lowest BCUT2D eigenvalue weighted by molar-refractivity contribution is 0.112. The molecule has 1 heterocycles. The van der Waals surface area contributed by atoms with Crippen molar-refractivity contribution in [2.45, 2.75) is 37.6 Å². The van der Waals surface area contributed by atoms with Gasteiger partial charge in [-0.1, -0.05) is 105 Å². The fourth-order valence-electron chi connectivity index (χ4n) is 4.49. The van der Waals surface area contributed by atoms with Crippen molar-refractivity contribution in [2.75, 3.05) is 11.6 Å². The standard InChI is InChI=1S/C29H31N3O2SSi/c1-29(2,3)36(25-14-7-5-8-15-25,26-16-9-6-10-17-26)34-21-22-12-11-13-24(18-22)31-27-23(20-33)19-30-28(32-27)35-4/h5-20H,21H2,1-4H3,(H,30,31,32). The maximum absolute atomic E-state index is 11.5. The Morgan fingerprint density at radius 2 is 1.58 bits per heavy atom. The minimum atomic E-state index is -2.64. The van der Waals surface area contributed by atoms with Gasteiger partial charge in [0.25, 0.3) is 8.32 Å². The van der Waals surface area contributed by atoms with Gasteiger partial charge in [0.2, 0.25) is 0 Å². The minimum Gasteiger partial charge on any atom is -0.403 e. The van der Waals surface area contributed by atoms with E-state index in [0.717, 1.165) is 17.5 Å². The van der Waals surface area contributed by atoms with Gasteiger partial charge >= 0.3 is 0 Å². The average molecular weight is 514 g/mol. The van der Waals surface area contributed by atoms with Crippen molar-refractivity contribution in [1.82, 2.24) is 9.97 Å². The zero-order valence-corrected chi connectivity index (χ0v) is 22.9. The molecule has 184 valence electrons. The van der Waals surface area contributed by atoms with Gasteiger partial charge < -0.3 is 9.74 Å². The first-order chi connectivity index (χ1) is 17.4. The molecule has 5 nitrogen and oxygen atoms in total. The monoisotopic (exact) mass is 513 g/mol. The number of rotatable bonds is 9. The first-order valence-electron chi connectivity index (χ1n) is 11.8. The highest BCUT2D eigenvalue weighted by atomic mass is 32.2. The first-order valence-corrected chi connectivity index (χ1v) is 15.0. The van der Waals surface area contributed by atoms with E-state index in [1.54, 1.807) is 6.20 Å². The van der Waals surface area contributed by atoms with Crippen molar-refractivity contribution in [3.05, 3.63) is 102 Å². The summed E-state index contributed by atoms with van der Waals surface area (Å²) in [6, 6.07) is 29.3. The van der Waals surface area contributed by atoms with Crippen LogP contribution in [0.4, 0.5) is 11.5 Å². The normalized spacial score (nSPS) is 11.8. The molecule has 0 amide bonds. The highest BCUT2D eigenvalue weighted by Crippen LogP contribution is 2.37. The topological polar surface area (TPSA) is 64.1 Å². The summed E-state index contributed by atoms with van der Waals surface area (Å²) < 4.78 is 7.06. The first kappa shape index (κ1) is 25.8. The fourth-order valence-corrected chi connectivity index (χ4v) is 9.37. The number of thioether (sulfide) groups is 1. The maximum Gasteiger partial charge on any atom is 0.261 e. The summed E-state index contributed by atoms with van der Waals surface area (Å²) in [7, 11) is -2.64. The third kappa shape index (κ3) is 5.43. The Balaban J connectivity index is 1.67. The Labute approximate surface area is 218 Å². The van der Waals surface area contributed by atoms with Crippen molar-refractivity contribution in [1.29, 1.82) is 0 Å². The van der Waals surface area contributed by atoms with Gasteiger partial charge in [-0.2, -0.15) is 0 Å². The van der Waals surface area contributed by atoms with E-state index in [1.807, 2.05) is 24.5 Å². The van der Waals surface area contributed by atoms with E-state index in [2.05, 4.69) is 103 Å². The molecule has 0 spiro atoms. The van der Waals surface area contributed by atoms with Crippen LogP contribution < -0.4 is 15.7 Å². The molecule has 0 radical (unpaired) electrons. The molecule has 0 atom stereocenters. The van der Waals surface area contributed by atoms with Gasteiger partial charge in [0, 0.05) is 11.9 Å². The lowest BCUT2D eigenvalue weighted by atomic mass is 10.2. The van der Waals surface area contributed by atoms with Crippen LogP contribution in [0.3, 0.4) is 0 Å². The number of carbonyl (C=O) groups excluding carboxylic acids is 1. The van der Waals surface area contributed by atoms with Gasteiger partial charge in [-0.25, -0.2) is 9.97 Å². The minimum absolute atomic E-state index is 0.0976.